The van der Waals surface area contributed by atoms with E-state index < -0.39 is 42.7 Å². The third-order valence-corrected chi connectivity index (χ3v) is 2.35. The molecule has 0 aromatic rings. The number of nitrogens with one attached hydrogen (secondary N) is 2. The highest BCUT2D eigenvalue weighted by Crippen LogP contribution is 1.96. The summed E-state index contributed by atoms with van der Waals surface area (Å²) >= 11 is 0. The third kappa shape index (κ3) is 7.63. The summed E-state index contributed by atoms with van der Waals surface area (Å²) in [4.78, 5) is 31.5. The summed E-state index contributed by atoms with van der Waals surface area (Å²) in [6.45, 7) is -0.834. The molecule has 0 bridgehead atoms. The molecule has 0 heterocycles. The highest BCUT2D eigenvalue weighted by Gasteiger charge is 2.26. The minimum Gasteiger partial charge on any atom is -0.480 e. The molecule has 0 aliphatic heterocycles. The average molecular weight is 294 g/mol. The van der Waals surface area contributed by atoms with Gasteiger partial charge in [-0.25, -0.2) is 4.79 Å². The Hall–Kier alpha value is -1.75. The normalized spacial score (nSPS) is 15.3. The fraction of sp³-hybridized carbons (Fsp3) is 0.700. The van der Waals surface area contributed by atoms with Crippen LogP contribution >= 0.6 is 0 Å². The van der Waals surface area contributed by atoms with Crippen LogP contribution in [0.25, 0.3) is 0 Å². The summed E-state index contributed by atoms with van der Waals surface area (Å²) < 4.78 is 0. The predicted octanol–water partition coefficient (Wildman–Crippen LogP) is -3.10. The topological polar surface area (TPSA) is 176 Å². The van der Waals surface area contributed by atoms with Crippen molar-refractivity contribution in [1.82, 2.24) is 10.6 Å². The van der Waals surface area contributed by atoms with Gasteiger partial charge in [-0.1, -0.05) is 0 Å². The molecule has 10 heteroatoms. The third-order valence-electron chi connectivity index (χ3n) is 2.35. The van der Waals surface area contributed by atoms with Gasteiger partial charge in [-0.2, -0.15) is 0 Å². The molecule has 0 aliphatic rings. The van der Waals surface area contributed by atoms with Crippen molar-refractivity contribution in [3.63, 3.8) is 0 Å². The number of carboxylic acid groups (broad SMARTS) is 3. The molecule has 20 heavy (non-hydrogen) atoms. The SMILES string of the molecule is O=C(O)CNC[C@@H](O)[C@H](NCC[C@H](O)C(=O)O)C(=O)O. The molecule has 3 atom stereocenters. The van der Waals surface area contributed by atoms with Crippen molar-refractivity contribution in [3.05, 3.63) is 0 Å². The number of carboxylic acids is 3. The first kappa shape index (κ1) is 18.2. The summed E-state index contributed by atoms with van der Waals surface area (Å²) in [5, 5.41) is 49.0. The Morgan fingerprint density at radius 2 is 1.60 bits per heavy atom. The van der Waals surface area contributed by atoms with E-state index in [1.165, 1.54) is 0 Å². The zero-order chi connectivity index (χ0) is 15.7. The first-order valence-corrected chi connectivity index (χ1v) is 5.73. The van der Waals surface area contributed by atoms with Gasteiger partial charge in [0.25, 0.3) is 0 Å². The van der Waals surface area contributed by atoms with Crippen molar-refractivity contribution in [3.8, 4) is 0 Å². The van der Waals surface area contributed by atoms with Gasteiger partial charge < -0.3 is 36.2 Å². The lowest BCUT2D eigenvalue weighted by Gasteiger charge is -2.20. The Morgan fingerprint density at radius 3 is 2.05 bits per heavy atom. The van der Waals surface area contributed by atoms with E-state index in [-0.39, 0.29) is 19.5 Å². The van der Waals surface area contributed by atoms with Gasteiger partial charge in [-0.15, -0.1) is 0 Å². The number of aliphatic carboxylic acids is 3. The fourth-order valence-corrected chi connectivity index (χ4v) is 1.33. The molecule has 0 fully saturated rings. The van der Waals surface area contributed by atoms with Crippen LogP contribution in [0.3, 0.4) is 0 Å². The second-order valence-corrected chi connectivity index (χ2v) is 4.00. The van der Waals surface area contributed by atoms with Crippen LogP contribution in [0.2, 0.25) is 0 Å². The van der Waals surface area contributed by atoms with E-state index >= 15 is 0 Å². The van der Waals surface area contributed by atoms with Gasteiger partial charge in [0.1, 0.15) is 6.04 Å². The lowest BCUT2D eigenvalue weighted by molar-refractivity contribution is -0.146. The molecule has 0 unspecified atom stereocenters. The quantitative estimate of drug-likeness (QED) is 0.206. The highest BCUT2D eigenvalue weighted by atomic mass is 16.4. The van der Waals surface area contributed by atoms with E-state index in [1.807, 2.05) is 0 Å². The first-order valence-electron chi connectivity index (χ1n) is 5.73. The van der Waals surface area contributed by atoms with Gasteiger partial charge in [0, 0.05) is 6.54 Å². The molecule has 10 nitrogen and oxygen atoms in total. The lowest BCUT2D eigenvalue weighted by atomic mass is 10.1. The fourth-order valence-electron chi connectivity index (χ4n) is 1.33. The predicted molar refractivity (Wildman–Crippen MR) is 64.2 cm³/mol. The van der Waals surface area contributed by atoms with Gasteiger partial charge in [0.2, 0.25) is 0 Å². The summed E-state index contributed by atoms with van der Waals surface area (Å²) in [5.74, 6) is -3.96. The Balaban J connectivity index is 4.18. The molecule has 0 aromatic carbocycles. The van der Waals surface area contributed by atoms with Crippen LogP contribution in [0, 0.1) is 0 Å². The second-order valence-electron chi connectivity index (χ2n) is 4.00. The Morgan fingerprint density at radius 1 is 1.00 bits per heavy atom. The van der Waals surface area contributed by atoms with E-state index in [4.69, 9.17) is 20.4 Å². The number of hydrogen-bond donors (Lipinski definition) is 7. The number of aliphatic hydroxyl groups excluding tert-OH is 2. The number of carbonyl (C=O) groups is 3. The summed E-state index contributed by atoms with van der Waals surface area (Å²) in [6, 6.07) is -1.41. The minimum atomic E-state index is -1.63. The first-order chi connectivity index (χ1) is 9.25. The standard InChI is InChI=1S/C10H18N2O8/c13-5(9(17)18)1-2-12-8(10(19)20)6(14)3-11-4-7(15)16/h5-6,8,11-14H,1-4H2,(H,15,16)(H,17,18)(H,19,20)/t5-,6+,8-/m0/s1. The molecule has 0 saturated carbocycles. The average Bonchev–Trinajstić information content (AvgIpc) is 2.32. The molecule has 0 aromatic heterocycles. The number of hydrogen-bond acceptors (Lipinski definition) is 7. The van der Waals surface area contributed by atoms with Gasteiger partial charge in [0.05, 0.1) is 12.6 Å². The van der Waals surface area contributed by atoms with Crippen LogP contribution in [0.15, 0.2) is 0 Å². The molecular weight excluding hydrogens is 276 g/mol. The molecule has 7 N–H and O–H groups in total. The maximum Gasteiger partial charge on any atom is 0.332 e. The molecule has 0 aliphatic carbocycles. The maximum atomic E-state index is 10.9. The van der Waals surface area contributed by atoms with Crippen LogP contribution in [-0.2, 0) is 14.4 Å². The largest absolute Gasteiger partial charge is 0.480 e. The van der Waals surface area contributed by atoms with Crippen molar-refractivity contribution >= 4 is 17.9 Å². The van der Waals surface area contributed by atoms with Crippen LogP contribution < -0.4 is 10.6 Å². The molecular formula is C10H18N2O8. The molecule has 0 radical (unpaired) electrons. The summed E-state index contributed by atoms with van der Waals surface area (Å²) in [5.41, 5.74) is 0. The summed E-state index contributed by atoms with van der Waals surface area (Å²) in [7, 11) is 0. The van der Waals surface area contributed by atoms with Crippen LogP contribution in [0.1, 0.15) is 6.42 Å². The van der Waals surface area contributed by atoms with Crippen molar-refractivity contribution < 1.29 is 39.9 Å². The van der Waals surface area contributed by atoms with E-state index in [9.17, 15) is 19.5 Å². The van der Waals surface area contributed by atoms with Crippen LogP contribution in [0.4, 0.5) is 0 Å². The Bertz CT molecular complexity index is 348. The van der Waals surface area contributed by atoms with Crippen molar-refractivity contribution in [2.75, 3.05) is 19.6 Å². The smallest absolute Gasteiger partial charge is 0.332 e. The van der Waals surface area contributed by atoms with Crippen molar-refractivity contribution in [1.29, 1.82) is 0 Å². The van der Waals surface area contributed by atoms with E-state index in [0.29, 0.717) is 0 Å². The van der Waals surface area contributed by atoms with Gasteiger partial charge in [-0.3, -0.25) is 9.59 Å². The number of aliphatic hydroxyl groups is 2. The molecule has 0 spiro atoms. The maximum absolute atomic E-state index is 10.9. The van der Waals surface area contributed by atoms with Crippen LogP contribution in [-0.4, -0.2) is 81.3 Å². The highest BCUT2D eigenvalue weighted by molar-refractivity contribution is 5.74. The molecule has 0 rings (SSSR count). The lowest BCUT2D eigenvalue weighted by Crippen LogP contribution is -2.51. The zero-order valence-corrected chi connectivity index (χ0v) is 10.5. The zero-order valence-electron chi connectivity index (χ0n) is 10.5. The monoisotopic (exact) mass is 294 g/mol. The van der Waals surface area contributed by atoms with Crippen molar-refractivity contribution in [2.45, 2.75) is 24.7 Å². The number of rotatable bonds is 11. The van der Waals surface area contributed by atoms with E-state index in [1.54, 1.807) is 0 Å². The van der Waals surface area contributed by atoms with Crippen LogP contribution in [0.5, 0.6) is 0 Å². The minimum absolute atomic E-state index is 0.138. The molecule has 0 saturated heterocycles. The Labute approximate surface area is 114 Å². The summed E-state index contributed by atoms with van der Waals surface area (Å²) in [6.07, 6.45) is -3.26. The van der Waals surface area contributed by atoms with Gasteiger partial charge in [-0.05, 0) is 13.0 Å². The molecule has 0 amide bonds. The second kappa shape index (κ2) is 9.20. The Kier molecular flexibility index (Phi) is 8.40. The van der Waals surface area contributed by atoms with Gasteiger partial charge >= 0.3 is 17.9 Å². The van der Waals surface area contributed by atoms with E-state index in [2.05, 4.69) is 10.6 Å². The van der Waals surface area contributed by atoms with Gasteiger partial charge in [0.15, 0.2) is 6.10 Å². The van der Waals surface area contributed by atoms with Crippen molar-refractivity contribution in [2.24, 2.45) is 0 Å². The molecule has 116 valence electrons. The van der Waals surface area contributed by atoms with E-state index in [0.717, 1.165) is 0 Å².